The van der Waals surface area contributed by atoms with Crippen molar-refractivity contribution in [1.82, 2.24) is 10.2 Å². The Bertz CT molecular complexity index is 589. The summed E-state index contributed by atoms with van der Waals surface area (Å²) in [6.45, 7) is 0.727. The van der Waals surface area contributed by atoms with Crippen molar-refractivity contribution >= 4 is 5.91 Å². The van der Waals surface area contributed by atoms with Gasteiger partial charge in [-0.1, -0.05) is 12.1 Å². The first-order valence-electron chi connectivity index (χ1n) is 9.47. The smallest absolute Gasteiger partial charge is 0.223 e. The Kier molecular flexibility index (Phi) is 4.57. The lowest BCUT2D eigenvalue weighted by Gasteiger charge is -2.31. The number of nitrogens with zero attached hydrogens (tertiary/aromatic N) is 1. The van der Waals surface area contributed by atoms with Crippen LogP contribution in [0.2, 0.25) is 0 Å². The number of piperidine rings is 1. The van der Waals surface area contributed by atoms with Crippen molar-refractivity contribution in [2.24, 2.45) is 5.92 Å². The minimum atomic E-state index is -0.193. The van der Waals surface area contributed by atoms with E-state index in [0.29, 0.717) is 36.4 Å². The minimum Gasteiger partial charge on any atom is -0.339 e. The summed E-state index contributed by atoms with van der Waals surface area (Å²) in [4.78, 5) is 14.9. The molecule has 2 aliphatic heterocycles. The Balaban J connectivity index is 1.33. The van der Waals surface area contributed by atoms with E-state index in [1.54, 1.807) is 12.1 Å². The molecule has 2 atom stereocenters. The zero-order valence-electron chi connectivity index (χ0n) is 14.2. The Hall–Kier alpha value is -1.42. The Morgan fingerprint density at radius 3 is 2.58 bits per heavy atom. The van der Waals surface area contributed by atoms with Gasteiger partial charge in [0.15, 0.2) is 0 Å². The second-order valence-corrected chi connectivity index (χ2v) is 7.88. The van der Waals surface area contributed by atoms with Crippen LogP contribution in [-0.2, 0) is 11.2 Å². The van der Waals surface area contributed by atoms with Gasteiger partial charge in [-0.25, -0.2) is 4.39 Å². The second kappa shape index (κ2) is 6.83. The van der Waals surface area contributed by atoms with Crippen LogP contribution in [0.1, 0.15) is 50.5 Å². The summed E-state index contributed by atoms with van der Waals surface area (Å²) >= 11 is 0. The van der Waals surface area contributed by atoms with Crippen LogP contribution in [0.5, 0.6) is 0 Å². The quantitative estimate of drug-likeness (QED) is 0.868. The van der Waals surface area contributed by atoms with Crippen LogP contribution in [0.4, 0.5) is 4.39 Å². The average molecular weight is 330 g/mol. The molecule has 1 aromatic rings. The van der Waals surface area contributed by atoms with E-state index in [4.69, 9.17) is 0 Å². The fraction of sp³-hybridized carbons (Fsp3) is 0.650. The highest BCUT2D eigenvalue weighted by Gasteiger charge is 2.37. The van der Waals surface area contributed by atoms with Gasteiger partial charge < -0.3 is 10.2 Å². The fourth-order valence-corrected chi connectivity index (χ4v) is 4.55. The Morgan fingerprint density at radius 1 is 1.17 bits per heavy atom. The van der Waals surface area contributed by atoms with Gasteiger partial charge in [0, 0.05) is 31.1 Å². The molecule has 3 fully saturated rings. The second-order valence-electron chi connectivity index (χ2n) is 7.88. The Labute approximate surface area is 143 Å². The minimum absolute atomic E-state index is 0.193. The van der Waals surface area contributed by atoms with Gasteiger partial charge in [-0.3, -0.25) is 4.79 Å². The van der Waals surface area contributed by atoms with Gasteiger partial charge in [-0.05, 0) is 68.6 Å². The van der Waals surface area contributed by atoms with Gasteiger partial charge in [-0.15, -0.1) is 0 Å². The van der Waals surface area contributed by atoms with Crippen molar-refractivity contribution in [3.8, 4) is 0 Å². The van der Waals surface area contributed by atoms with Crippen molar-refractivity contribution in [1.29, 1.82) is 0 Å². The van der Waals surface area contributed by atoms with Crippen molar-refractivity contribution in [3.05, 3.63) is 35.6 Å². The predicted octanol–water partition coefficient (Wildman–Crippen LogP) is 3.28. The molecule has 3 aliphatic rings. The van der Waals surface area contributed by atoms with E-state index >= 15 is 0 Å². The monoisotopic (exact) mass is 330 g/mol. The van der Waals surface area contributed by atoms with Gasteiger partial charge in [0.05, 0.1) is 0 Å². The summed E-state index contributed by atoms with van der Waals surface area (Å²) in [5.41, 5.74) is 0.980. The van der Waals surface area contributed by atoms with E-state index in [1.807, 2.05) is 6.07 Å². The maximum absolute atomic E-state index is 13.3. The van der Waals surface area contributed by atoms with Crippen LogP contribution in [-0.4, -0.2) is 35.5 Å². The molecule has 4 rings (SSSR count). The summed E-state index contributed by atoms with van der Waals surface area (Å²) in [6.07, 6.45) is 8.59. The number of benzene rings is 1. The molecule has 4 heteroatoms. The summed E-state index contributed by atoms with van der Waals surface area (Å²) in [6, 6.07) is 8.47. The van der Waals surface area contributed by atoms with E-state index in [0.717, 1.165) is 44.2 Å². The molecular formula is C20H27FN2O. The summed E-state index contributed by atoms with van der Waals surface area (Å²) in [7, 11) is 0. The summed E-state index contributed by atoms with van der Waals surface area (Å²) < 4.78 is 13.3. The van der Waals surface area contributed by atoms with E-state index in [1.165, 1.54) is 18.9 Å². The lowest BCUT2D eigenvalue weighted by molar-refractivity contribution is -0.133. The third-order valence-corrected chi connectivity index (χ3v) is 5.87. The molecule has 24 heavy (non-hydrogen) atoms. The first kappa shape index (κ1) is 16.1. The summed E-state index contributed by atoms with van der Waals surface area (Å²) in [5.74, 6) is 0.675. The van der Waals surface area contributed by atoms with Crippen LogP contribution >= 0.6 is 0 Å². The van der Waals surface area contributed by atoms with Gasteiger partial charge in [0.25, 0.3) is 0 Å². The molecule has 2 saturated heterocycles. The highest BCUT2D eigenvalue weighted by atomic mass is 19.1. The number of carbonyl (C=O) groups is 1. The van der Waals surface area contributed by atoms with E-state index in [9.17, 15) is 9.18 Å². The molecule has 0 aromatic heterocycles. The number of amides is 1. The highest BCUT2D eigenvalue weighted by molar-refractivity contribution is 5.77. The zero-order chi connectivity index (χ0) is 16.5. The third kappa shape index (κ3) is 3.80. The van der Waals surface area contributed by atoms with Gasteiger partial charge >= 0.3 is 0 Å². The number of rotatable bonds is 6. The number of halogens is 1. The molecule has 2 unspecified atom stereocenters. The predicted molar refractivity (Wildman–Crippen MR) is 92.1 cm³/mol. The molecule has 2 heterocycles. The molecule has 1 saturated carbocycles. The first-order valence-corrected chi connectivity index (χ1v) is 9.47. The van der Waals surface area contributed by atoms with Crippen LogP contribution < -0.4 is 5.32 Å². The molecule has 1 aromatic carbocycles. The zero-order valence-corrected chi connectivity index (χ0v) is 14.2. The van der Waals surface area contributed by atoms with Gasteiger partial charge in [0.2, 0.25) is 5.91 Å². The SMILES string of the molecule is O=C(CC1CC2CCC(C1)N2)N(CCc1cccc(F)c1)C1CC1. The van der Waals surface area contributed by atoms with Crippen molar-refractivity contribution in [2.75, 3.05) is 6.54 Å². The average Bonchev–Trinajstić information content (AvgIpc) is 3.32. The van der Waals surface area contributed by atoms with Crippen LogP contribution in [0.15, 0.2) is 24.3 Å². The molecular weight excluding hydrogens is 303 g/mol. The number of hydrogen-bond donors (Lipinski definition) is 1. The lowest BCUT2D eigenvalue weighted by atomic mass is 9.89. The Morgan fingerprint density at radius 2 is 1.92 bits per heavy atom. The fourth-order valence-electron chi connectivity index (χ4n) is 4.55. The largest absolute Gasteiger partial charge is 0.339 e. The maximum atomic E-state index is 13.3. The van der Waals surface area contributed by atoms with Crippen LogP contribution in [0.3, 0.4) is 0 Å². The van der Waals surface area contributed by atoms with Gasteiger partial charge in [0.1, 0.15) is 5.82 Å². The van der Waals surface area contributed by atoms with Crippen LogP contribution in [0.25, 0.3) is 0 Å². The number of fused-ring (bicyclic) bond motifs is 2. The molecule has 1 N–H and O–H groups in total. The topological polar surface area (TPSA) is 32.3 Å². The van der Waals surface area contributed by atoms with Crippen molar-refractivity contribution in [2.45, 2.75) is 69.5 Å². The van der Waals surface area contributed by atoms with E-state index in [2.05, 4.69) is 10.2 Å². The maximum Gasteiger partial charge on any atom is 0.223 e. The normalized spacial score (nSPS) is 28.8. The van der Waals surface area contributed by atoms with Gasteiger partial charge in [-0.2, -0.15) is 0 Å². The summed E-state index contributed by atoms with van der Waals surface area (Å²) in [5, 5.41) is 3.65. The lowest BCUT2D eigenvalue weighted by Crippen LogP contribution is -2.41. The molecule has 0 radical (unpaired) electrons. The molecule has 0 spiro atoms. The molecule has 1 amide bonds. The highest BCUT2D eigenvalue weighted by Crippen LogP contribution is 2.34. The number of hydrogen-bond acceptors (Lipinski definition) is 2. The molecule has 130 valence electrons. The number of carbonyl (C=O) groups excluding carboxylic acids is 1. The number of nitrogens with one attached hydrogen (secondary N) is 1. The van der Waals surface area contributed by atoms with E-state index < -0.39 is 0 Å². The van der Waals surface area contributed by atoms with E-state index in [-0.39, 0.29) is 5.82 Å². The molecule has 2 bridgehead atoms. The van der Waals surface area contributed by atoms with Crippen molar-refractivity contribution in [3.63, 3.8) is 0 Å². The third-order valence-electron chi connectivity index (χ3n) is 5.87. The first-order chi connectivity index (χ1) is 11.7. The van der Waals surface area contributed by atoms with Crippen molar-refractivity contribution < 1.29 is 9.18 Å². The molecule has 3 nitrogen and oxygen atoms in total. The molecule has 1 aliphatic carbocycles. The standard InChI is InChI=1S/C20H27FN2O/c21-16-3-1-2-14(10-16)8-9-23(19-6-7-19)20(24)13-15-11-17-4-5-18(12-15)22-17/h1-3,10,15,17-19,22H,4-9,11-13H2. The van der Waals surface area contributed by atoms with Crippen LogP contribution in [0, 0.1) is 11.7 Å².